The topological polar surface area (TPSA) is 97.2 Å². The number of nitrogens with two attached hydrogens (primary N) is 2. The molecule has 0 unspecified atom stereocenters. The summed E-state index contributed by atoms with van der Waals surface area (Å²) in [5, 5.41) is 0. The molecule has 4 N–H and O–H groups in total. The van der Waals surface area contributed by atoms with Gasteiger partial charge in [0.25, 0.3) is 0 Å². The zero-order chi connectivity index (χ0) is 18.3. The number of aromatic nitrogens is 3. The molecule has 0 aromatic carbocycles. The molecule has 2 aromatic rings. The van der Waals surface area contributed by atoms with Crippen LogP contribution in [-0.2, 0) is 0 Å². The second kappa shape index (κ2) is 9.11. The molecule has 0 spiro atoms. The molecule has 0 amide bonds. The second-order valence-corrected chi connectivity index (χ2v) is 7.52. The lowest BCUT2D eigenvalue weighted by molar-refractivity contribution is 0.345. The van der Waals surface area contributed by atoms with Gasteiger partial charge < -0.3 is 21.3 Å². The molecule has 1 saturated heterocycles. The summed E-state index contributed by atoms with van der Waals surface area (Å²) in [6.07, 6.45) is 1.98. The third-order valence-corrected chi connectivity index (χ3v) is 5.38. The van der Waals surface area contributed by atoms with Gasteiger partial charge in [0.05, 0.1) is 5.69 Å². The Morgan fingerprint density at radius 3 is 2.00 bits per heavy atom. The third kappa shape index (κ3) is 4.77. The number of rotatable bonds is 3. The fraction of sp³-hybridized carbons (Fsp3) is 0.526. The Bertz CT molecular complexity index is 783. The van der Waals surface area contributed by atoms with Gasteiger partial charge in [-0.2, -0.15) is 4.98 Å². The van der Waals surface area contributed by atoms with Gasteiger partial charge in [-0.25, -0.2) is 4.98 Å². The van der Waals surface area contributed by atoms with Crippen molar-refractivity contribution < 1.29 is 0 Å². The highest BCUT2D eigenvalue weighted by molar-refractivity contribution is 5.85. The van der Waals surface area contributed by atoms with E-state index in [4.69, 9.17) is 11.5 Å². The van der Waals surface area contributed by atoms with Crippen molar-refractivity contribution in [3.05, 3.63) is 35.3 Å². The Hall–Kier alpha value is -1.83. The Morgan fingerprint density at radius 2 is 1.43 bits per heavy atom. The first-order chi connectivity index (χ1) is 12.5. The molecular weight excluding hydrogens is 397 g/mol. The maximum Gasteiger partial charge on any atom is 0.222 e. The van der Waals surface area contributed by atoms with Crippen LogP contribution in [0.1, 0.15) is 35.8 Å². The zero-order valence-electron chi connectivity index (χ0n) is 16.3. The molecule has 0 atom stereocenters. The molecule has 28 heavy (non-hydrogen) atoms. The summed E-state index contributed by atoms with van der Waals surface area (Å²) < 4.78 is 0. The molecule has 154 valence electrons. The maximum absolute atomic E-state index is 5.97. The standard InChI is InChI=1S/C19H27N7.2ClH/c1-12-7-16(8-13(2)22-12)25-3-5-26(6-4-25)18-11-17(23-19(21)24-18)14-9-15(20)10-14;;/h7-8,11,14-15H,3-6,9-10,20H2,1-2H3,(H2,21,23,24);2*1H. The number of nitrogens with zero attached hydrogens (tertiary/aromatic N) is 5. The van der Waals surface area contributed by atoms with E-state index in [0.717, 1.165) is 61.9 Å². The minimum absolute atomic E-state index is 0. The van der Waals surface area contributed by atoms with Crippen LogP contribution in [0.25, 0.3) is 0 Å². The molecule has 0 bridgehead atoms. The van der Waals surface area contributed by atoms with Crippen molar-refractivity contribution in [2.75, 3.05) is 41.7 Å². The van der Waals surface area contributed by atoms with E-state index in [9.17, 15) is 0 Å². The predicted octanol–water partition coefficient (Wildman–Crippen LogP) is 2.45. The van der Waals surface area contributed by atoms with Gasteiger partial charge in [-0.1, -0.05) is 0 Å². The van der Waals surface area contributed by atoms with Crippen LogP contribution in [0.4, 0.5) is 17.5 Å². The lowest BCUT2D eigenvalue weighted by atomic mass is 9.78. The highest BCUT2D eigenvalue weighted by atomic mass is 35.5. The average molecular weight is 426 g/mol. The van der Waals surface area contributed by atoms with Gasteiger partial charge in [0, 0.05) is 61.3 Å². The van der Waals surface area contributed by atoms with Crippen LogP contribution < -0.4 is 21.3 Å². The van der Waals surface area contributed by atoms with Gasteiger partial charge in [-0.15, -0.1) is 24.8 Å². The smallest absolute Gasteiger partial charge is 0.222 e. The molecule has 7 nitrogen and oxygen atoms in total. The van der Waals surface area contributed by atoms with E-state index in [2.05, 4.69) is 43.0 Å². The van der Waals surface area contributed by atoms with Crippen molar-refractivity contribution in [3.8, 4) is 0 Å². The van der Waals surface area contributed by atoms with Crippen LogP contribution >= 0.6 is 24.8 Å². The van der Waals surface area contributed by atoms with Crippen LogP contribution in [-0.4, -0.2) is 47.2 Å². The van der Waals surface area contributed by atoms with Gasteiger partial charge in [0.15, 0.2) is 0 Å². The minimum Gasteiger partial charge on any atom is -0.368 e. The van der Waals surface area contributed by atoms with Crippen molar-refractivity contribution in [1.82, 2.24) is 15.0 Å². The summed E-state index contributed by atoms with van der Waals surface area (Å²) in [7, 11) is 0. The monoisotopic (exact) mass is 425 g/mol. The first-order valence-electron chi connectivity index (χ1n) is 9.33. The molecule has 2 aromatic heterocycles. The Balaban J connectivity index is 0.00000140. The fourth-order valence-corrected chi connectivity index (χ4v) is 3.93. The molecule has 2 aliphatic rings. The van der Waals surface area contributed by atoms with Gasteiger partial charge in [0.2, 0.25) is 5.95 Å². The zero-order valence-corrected chi connectivity index (χ0v) is 18.0. The van der Waals surface area contributed by atoms with Crippen molar-refractivity contribution in [2.45, 2.75) is 38.6 Å². The number of anilines is 3. The minimum atomic E-state index is 0. The molecule has 1 saturated carbocycles. The summed E-state index contributed by atoms with van der Waals surface area (Å²) in [5.74, 6) is 1.73. The summed E-state index contributed by atoms with van der Waals surface area (Å²) in [5.41, 5.74) is 16.3. The molecule has 4 rings (SSSR count). The molecule has 2 fully saturated rings. The molecule has 3 heterocycles. The number of aryl methyl sites for hydroxylation is 2. The van der Waals surface area contributed by atoms with E-state index in [1.165, 1.54) is 5.69 Å². The number of hydrogen-bond donors (Lipinski definition) is 2. The van der Waals surface area contributed by atoms with Crippen molar-refractivity contribution in [1.29, 1.82) is 0 Å². The van der Waals surface area contributed by atoms with E-state index in [1.54, 1.807) is 0 Å². The summed E-state index contributed by atoms with van der Waals surface area (Å²) in [6, 6.07) is 6.71. The van der Waals surface area contributed by atoms with Crippen LogP contribution in [0, 0.1) is 13.8 Å². The number of nitrogen functional groups attached to an aromatic ring is 1. The maximum atomic E-state index is 5.97. The van der Waals surface area contributed by atoms with Gasteiger partial charge >= 0.3 is 0 Å². The number of halogens is 2. The Morgan fingerprint density at radius 1 is 0.857 bits per heavy atom. The highest BCUT2D eigenvalue weighted by Crippen LogP contribution is 2.36. The number of hydrogen-bond acceptors (Lipinski definition) is 7. The van der Waals surface area contributed by atoms with E-state index in [1.807, 2.05) is 13.8 Å². The van der Waals surface area contributed by atoms with Gasteiger partial charge in [-0.05, 0) is 38.8 Å². The Labute approximate surface area is 178 Å². The van der Waals surface area contributed by atoms with Gasteiger partial charge in [-0.3, -0.25) is 4.98 Å². The Kier molecular flexibility index (Phi) is 7.31. The third-order valence-electron chi connectivity index (χ3n) is 5.38. The normalized spacial score (nSPS) is 21.4. The molecule has 1 aliphatic heterocycles. The van der Waals surface area contributed by atoms with Crippen LogP contribution in [0.5, 0.6) is 0 Å². The number of piperazine rings is 1. The molecule has 1 aliphatic carbocycles. The summed E-state index contributed by atoms with van der Waals surface area (Å²) in [4.78, 5) is 18.1. The van der Waals surface area contributed by atoms with Crippen LogP contribution in [0.2, 0.25) is 0 Å². The van der Waals surface area contributed by atoms with E-state index >= 15 is 0 Å². The highest BCUT2D eigenvalue weighted by Gasteiger charge is 2.30. The van der Waals surface area contributed by atoms with Gasteiger partial charge in [0.1, 0.15) is 5.82 Å². The molecular formula is C19H29Cl2N7. The fourth-order valence-electron chi connectivity index (χ4n) is 3.93. The van der Waals surface area contributed by atoms with Crippen LogP contribution in [0.15, 0.2) is 18.2 Å². The van der Waals surface area contributed by atoms with Crippen LogP contribution in [0.3, 0.4) is 0 Å². The van der Waals surface area contributed by atoms with Crippen molar-refractivity contribution >= 4 is 42.3 Å². The lowest BCUT2D eigenvalue weighted by Crippen LogP contribution is -2.47. The van der Waals surface area contributed by atoms with E-state index in [-0.39, 0.29) is 24.8 Å². The largest absolute Gasteiger partial charge is 0.368 e. The van der Waals surface area contributed by atoms with Crippen molar-refractivity contribution in [2.24, 2.45) is 5.73 Å². The number of pyridine rings is 1. The SMILES string of the molecule is Cc1cc(N2CCN(c3cc(C4CC(N)C4)nc(N)n3)CC2)cc(C)n1.Cl.Cl. The lowest BCUT2D eigenvalue weighted by Gasteiger charge is -2.37. The second-order valence-electron chi connectivity index (χ2n) is 7.52. The van der Waals surface area contributed by atoms with Crippen molar-refractivity contribution in [3.63, 3.8) is 0 Å². The average Bonchev–Trinajstić information content (AvgIpc) is 2.58. The summed E-state index contributed by atoms with van der Waals surface area (Å²) >= 11 is 0. The quantitative estimate of drug-likeness (QED) is 0.778. The first-order valence-corrected chi connectivity index (χ1v) is 9.33. The summed E-state index contributed by atoms with van der Waals surface area (Å²) in [6.45, 7) is 7.84. The predicted molar refractivity (Wildman–Crippen MR) is 119 cm³/mol. The first kappa shape index (κ1) is 22.5. The molecule has 9 heteroatoms. The van der Waals surface area contributed by atoms with E-state index < -0.39 is 0 Å². The van der Waals surface area contributed by atoms with E-state index in [0.29, 0.717) is 17.9 Å². The molecule has 0 radical (unpaired) electrons.